The highest BCUT2D eigenvalue weighted by molar-refractivity contribution is 7.89. The van der Waals surface area contributed by atoms with E-state index in [-0.39, 0.29) is 11.0 Å². The second-order valence-electron chi connectivity index (χ2n) is 8.90. The molecule has 0 bridgehead atoms. The number of aryl methyl sites for hydroxylation is 1. The van der Waals surface area contributed by atoms with Crippen molar-refractivity contribution in [2.75, 3.05) is 13.1 Å². The molecule has 0 amide bonds. The SMILES string of the molecule is Cc1ccc(S(=O)(=O)N2C/C(=C(\C#N)[Si](C)(C)C(C)(C)C)C(C)C2)cc1. The average molecular weight is 391 g/mol. The van der Waals surface area contributed by atoms with E-state index >= 15 is 0 Å². The second kappa shape index (κ2) is 6.95. The summed E-state index contributed by atoms with van der Waals surface area (Å²) in [5.41, 5.74) is 2.04. The summed E-state index contributed by atoms with van der Waals surface area (Å²) in [5.74, 6) is 0.0685. The average Bonchev–Trinajstić information content (AvgIpc) is 2.90. The van der Waals surface area contributed by atoms with Crippen molar-refractivity contribution < 1.29 is 8.42 Å². The van der Waals surface area contributed by atoms with Crippen LogP contribution in [0.1, 0.15) is 33.3 Å². The second-order valence-corrected chi connectivity index (χ2v) is 16.1. The van der Waals surface area contributed by atoms with Gasteiger partial charge in [-0.25, -0.2) is 8.42 Å². The lowest BCUT2D eigenvalue weighted by molar-refractivity contribution is 0.464. The molecule has 4 nitrogen and oxygen atoms in total. The maximum absolute atomic E-state index is 13.0. The molecule has 0 aromatic heterocycles. The topological polar surface area (TPSA) is 61.2 Å². The fourth-order valence-corrected chi connectivity index (χ4v) is 6.85. The summed E-state index contributed by atoms with van der Waals surface area (Å²) in [6.45, 7) is 15.7. The van der Waals surface area contributed by atoms with Crippen LogP contribution in [0.25, 0.3) is 0 Å². The van der Waals surface area contributed by atoms with E-state index in [9.17, 15) is 13.7 Å². The van der Waals surface area contributed by atoms with Crippen LogP contribution in [0.5, 0.6) is 0 Å². The van der Waals surface area contributed by atoms with E-state index in [0.717, 1.165) is 16.3 Å². The Balaban J connectivity index is 2.46. The van der Waals surface area contributed by atoms with Gasteiger partial charge >= 0.3 is 0 Å². The molecular formula is C20H30N2O2SSi. The van der Waals surface area contributed by atoms with Gasteiger partial charge in [-0.3, -0.25) is 0 Å². The van der Waals surface area contributed by atoms with Gasteiger partial charge in [0.25, 0.3) is 0 Å². The minimum Gasteiger partial charge on any atom is -0.207 e. The van der Waals surface area contributed by atoms with Gasteiger partial charge in [0.2, 0.25) is 10.0 Å². The molecule has 1 unspecified atom stereocenters. The quantitative estimate of drug-likeness (QED) is 0.564. The standard InChI is InChI=1S/C20H30N2O2SSi/c1-15-8-10-17(11-9-15)25(23,24)22-13-16(2)18(14-22)19(12-21)26(6,7)20(3,4)5/h8-11,16H,13-14H2,1-7H3/b19-18-. The summed E-state index contributed by atoms with van der Waals surface area (Å²) < 4.78 is 27.6. The van der Waals surface area contributed by atoms with Gasteiger partial charge in [0.05, 0.1) is 19.0 Å². The third-order valence-corrected chi connectivity index (χ3v) is 13.3. The van der Waals surface area contributed by atoms with Gasteiger partial charge in [-0.05, 0) is 35.6 Å². The molecule has 142 valence electrons. The zero-order valence-corrected chi connectivity index (χ0v) is 18.7. The Morgan fingerprint density at radius 2 is 1.77 bits per heavy atom. The van der Waals surface area contributed by atoms with Crippen molar-refractivity contribution in [3.05, 3.63) is 40.6 Å². The Kier molecular flexibility index (Phi) is 5.58. The molecule has 0 spiro atoms. The molecule has 0 N–H and O–H groups in total. The molecule has 2 rings (SSSR count). The monoisotopic (exact) mass is 390 g/mol. The Bertz CT molecular complexity index is 857. The van der Waals surface area contributed by atoms with E-state index in [1.807, 2.05) is 26.0 Å². The fraction of sp³-hybridized carbons (Fsp3) is 0.550. The van der Waals surface area contributed by atoms with Crippen molar-refractivity contribution in [3.63, 3.8) is 0 Å². The van der Waals surface area contributed by atoms with Crippen molar-refractivity contribution in [2.24, 2.45) is 5.92 Å². The van der Waals surface area contributed by atoms with Crippen LogP contribution in [-0.4, -0.2) is 33.9 Å². The summed E-state index contributed by atoms with van der Waals surface area (Å²) in [5, 5.41) is 10.8. The molecule has 0 saturated carbocycles. The van der Waals surface area contributed by atoms with E-state index in [4.69, 9.17) is 0 Å². The van der Waals surface area contributed by atoms with Gasteiger partial charge in [-0.15, -0.1) is 0 Å². The first-order valence-electron chi connectivity index (χ1n) is 9.03. The molecule has 26 heavy (non-hydrogen) atoms. The zero-order chi connectivity index (χ0) is 19.9. The molecule has 1 aliphatic rings. The van der Waals surface area contributed by atoms with Gasteiger partial charge in [0.15, 0.2) is 0 Å². The van der Waals surface area contributed by atoms with Crippen molar-refractivity contribution >= 4 is 18.1 Å². The predicted octanol–water partition coefficient (Wildman–Crippen LogP) is 4.50. The van der Waals surface area contributed by atoms with E-state index in [2.05, 4.69) is 39.9 Å². The van der Waals surface area contributed by atoms with E-state index in [1.165, 1.54) is 4.31 Å². The third-order valence-electron chi connectivity index (χ3n) is 6.01. The van der Waals surface area contributed by atoms with Crippen LogP contribution in [0.3, 0.4) is 0 Å². The first-order valence-corrected chi connectivity index (χ1v) is 13.5. The normalized spacial score (nSPS) is 21.5. The van der Waals surface area contributed by atoms with Crippen molar-refractivity contribution in [2.45, 2.75) is 57.6 Å². The number of sulfonamides is 1. The number of allylic oxidation sites excluding steroid dienone is 1. The molecule has 1 atom stereocenters. The van der Waals surface area contributed by atoms with Gasteiger partial charge in [0.1, 0.15) is 0 Å². The smallest absolute Gasteiger partial charge is 0.207 e. The maximum Gasteiger partial charge on any atom is 0.243 e. The number of rotatable bonds is 3. The van der Waals surface area contributed by atoms with Crippen LogP contribution in [-0.2, 0) is 10.0 Å². The lowest BCUT2D eigenvalue weighted by Gasteiger charge is -2.37. The molecule has 1 aromatic rings. The van der Waals surface area contributed by atoms with Crippen LogP contribution in [0, 0.1) is 24.2 Å². The lowest BCUT2D eigenvalue weighted by Crippen LogP contribution is -2.40. The van der Waals surface area contributed by atoms with Crippen LogP contribution in [0.4, 0.5) is 0 Å². The Hall–Kier alpha value is -1.42. The summed E-state index contributed by atoms with van der Waals surface area (Å²) >= 11 is 0. The molecule has 0 radical (unpaired) electrons. The molecule has 6 heteroatoms. The highest BCUT2D eigenvalue weighted by Gasteiger charge is 2.44. The highest BCUT2D eigenvalue weighted by Crippen LogP contribution is 2.43. The van der Waals surface area contributed by atoms with Gasteiger partial charge < -0.3 is 0 Å². The van der Waals surface area contributed by atoms with Gasteiger partial charge in [-0.2, -0.15) is 9.57 Å². The number of benzene rings is 1. The van der Waals surface area contributed by atoms with Gasteiger partial charge in [0, 0.05) is 18.3 Å². The number of nitrogens with zero attached hydrogens (tertiary/aromatic N) is 2. The van der Waals surface area contributed by atoms with Crippen LogP contribution in [0.15, 0.2) is 39.9 Å². The van der Waals surface area contributed by atoms with Crippen LogP contribution >= 0.6 is 0 Å². The summed E-state index contributed by atoms with van der Waals surface area (Å²) in [7, 11) is -5.56. The van der Waals surface area contributed by atoms with Crippen molar-refractivity contribution in [1.82, 2.24) is 4.31 Å². The first kappa shape index (κ1) is 20.9. The highest BCUT2D eigenvalue weighted by atomic mass is 32.2. The molecule has 1 saturated heterocycles. The molecule has 1 aromatic carbocycles. The van der Waals surface area contributed by atoms with Crippen molar-refractivity contribution in [3.8, 4) is 6.07 Å². The largest absolute Gasteiger partial charge is 0.243 e. The van der Waals surface area contributed by atoms with Crippen molar-refractivity contribution in [1.29, 1.82) is 5.26 Å². The van der Waals surface area contributed by atoms with Crippen LogP contribution in [0.2, 0.25) is 18.1 Å². The zero-order valence-electron chi connectivity index (χ0n) is 16.9. The maximum atomic E-state index is 13.0. The fourth-order valence-electron chi connectivity index (χ4n) is 3.18. The van der Waals surface area contributed by atoms with Gasteiger partial charge in [-0.1, -0.05) is 58.5 Å². The molecule has 1 fully saturated rings. The first-order chi connectivity index (χ1) is 11.8. The molecular weight excluding hydrogens is 360 g/mol. The molecule has 1 heterocycles. The Morgan fingerprint density at radius 3 is 2.23 bits per heavy atom. The summed E-state index contributed by atoms with van der Waals surface area (Å²) in [6, 6.07) is 9.42. The van der Waals surface area contributed by atoms with E-state index in [1.54, 1.807) is 12.1 Å². The number of nitriles is 1. The minimum absolute atomic E-state index is 0.0357. The lowest BCUT2D eigenvalue weighted by atomic mass is 10.1. The number of hydrogen-bond donors (Lipinski definition) is 0. The number of hydrogen-bond acceptors (Lipinski definition) is 3. The van der Waals surface area contributed by atoms with E-state index in [0.29, 0.717) is 18.0 Å². The molecule has 0 aliphatic carbocycles. The van der Waals surface area contributed by atoms with E-state index < -0.39 is 18.1 Å². The third kappa shape index (κ3) is 3.66. The molecule has 1 aliphatic heterocycles. The Labute approximate surface area is 159 Å². The Morgan fingerprint density at radius 1 is 1.23 bits per heavy atom. The summed E-state index contributed by atoms with van der Waals surface area (Å²) in [4.78, 5) is 0.322. The van der Waals surface area contributed by atoms with Crippen LogP contribution < -0.4 is 0 Å². The predicted molar refractivity (Wildman–Crippen MR) is 109 cm³/mol. The minimum atomic E-state index is -3.54. The summed E-state index contributed by atoms with van der Waals surface area (Å²) in [6.07, 6.45) is 0.